The average Bonchev–Trinajstić information content (AvgIpc) is 3.15. The van der Waals surface area contributed by atoms with Crippen molar-refractivity contribution < 1.29 is 8.78 Å². The van der Waals surface area contributed by atoms with E-state index in [0.717, 1.165) is 53.9 Å². The van der Waals surface area contributed by atoms with Gasteiger partial charge in [0.1, 0.15) is 11.5 Å². The predicted molar refractivity (Wildman–Crippen MR) is 148 cm³/mol. The van der Waals surface area contributed by atoms with Gasteiger partial charge in [-0.05, 0) is 62.7 Å². The number of fused-ring (bicyclic) bond motifs is 1. The maximum atomic E-state index is 15.6. The molecule has 0 amide bonds. The number of nitrogens with one attached hydrogen (secondary N) is 2. The van der Waals surface area contributed by atoms with Gasteiger partial charge in [-0.1, -0.05) is 32.0 Å². The summed E-state index contributed by atoms with van der Waals surface area (Å²) in [7, 11) is 0. The molecular weight excluding hydrogens is 468 g/mol. The molecule has 2 aromatic carbocycles. The SMILES string of the molecule is CCN1CC2(C1)CN(Cc1cc(N)c(C(C)c3[nH]c4ccccc4c3CCNCC(C)(C)F)c(F)c1)C2. The van der Waals surface area contributed by atoms with Gasteiger partial charge < -0.3 is 20.9 Å². The summed E-state index contributed by atoms with van der Waals surface area (Å²) in [6.07, 6.45) is 0.714. The fourth-order valence-corrected chi connectivity index (χ4v) is 6.45. The Labute approximate surface area is 219 Å². The molecule has 1 unspecified atom stereocenters. The van der Waals surface area contributed by atoms with Gasteiger partial charge in [-0.2, -0.15) is 0 Å². The number of alkyl halides is 1. The molecule has 2 aliphatic rings. The number of nitrogen functional groups attached to an aromatic ring is 1. The lowest BCUT2D eigenvalue weighted by Crippen LogP contribution is -2.71. The number of nitrogens with two attached hydrogens (primary N) is 1. The quantitative estimate of drug-likeness (QED) is 0.264. The van der Waals surface area contributed by atoms with E-state index >= 15 is 4.39 Å². The normalized spacial score (nSPS) is 18.8. The molecule has 1 atom stereocenters. The van der Waals surface area contributed by atoms with E-state index in [1.807, 2.05) is 31.2 Å². The predicted octanol–water partition coefficient (Wildman–Crippen LogP) is 5.06. The van der Waals surface area contributed by atoms with E-state index in [0.29, 0.717) is 29.6 Å². The number of benzene rings is 2. The van der Waals surface area contributed by atoms with Crippen molar-refractivity contribution >= 4 is 16.6 Å². The van der Waals surface area contributed by atoms with Crippen molar-refractivity contribution in [1.29, 1.82) is 0 Å². The Hall–Kier alpha value is -2.48. The Balaban J connectivity index is 1.32. The van der Waals surface area contributed by atoms with Crippen molar-refractivity contribution in [3.8, 4) is 0 Å². The summed E-state index contributed by atoms with van der Waals surface area (Å²) < 4.78 is 29.5. The Morgan fingerprint density at radius 1 is 1.14 bits per heavy atom. The molecule has 3 aromatic rings. The van der Waals surface area contributed by atoms with E-state index in [9.17, 15) is 4.39 Å². The molecule has 200 valence electrons. The van der Waals surface area contributed by atoms with Gasteiger partial charge in [-0.25, -0.2) is 8.78 Å². The number of halogens is 2. The minimum Gasteiger partial charge on any atom is -0.398 e. The summed E-state index contributed by atoms with van der Waals surface area (Å²) in [5, 5.41) is 4.33. The maximum absolute atomic E-state index is 15.6. The first-order chi connectivity index (χ1) is 17.6. The van der Waals surface area contributed by atoms with E-state index in [-0.39, 0.29) is 18.3 Å². The highest BCUT2D eigenvalue weighted by Crippen LogP contribution is 2.41. The number of hydrogen-bond donors (Lipinski definition) is 3. The van der Waals surface area contributed by atoms with Gasteiger partial charge in [0.25, 0.3) is 0 Å². The molecule has 0 bridgehead atoms. The van der Waals surface area contributed by atoms with Crippen LogP contribution in [0.5, 0.6) is 0 Å². The monoisotopic (exact) mass is 509 g/mol. The van der Waals surface area contributed by atoms with Gasteiger partial charge in [-0.15, -0.1) is 0 Å². The van der Waals surface area contributed by atoms with Gasteiger partial charge in [0.15, 0.2) is 0 Å². The lowest BCUT2D eigenvalue weighted by Gasteiger charge is -2.60. The molecule has 0 aliphatic carbocycles. The molecular formula is C30H41F2N5. The third-order valence-electron chi connectivity index (χ3n) is 8.12. The average molecular weight is 510 g/mol. The summed E-state index contributed by atoms with van der Waals surface area (Å²) in [6, 6.07) is 11.7. The molecule has 3 heterocycles. The van der Waals surface area contributed by atoms with Crippen LogP contribution < -0.4 is 11.1 Å². The first-order valence-corrected chi connectivity index (χ1v) is 13.6. The standard InChI is InChI=1S/C30H41F2N5/c1-5-36-16-30(17-36)18-37(19-30)14-21-12-24(31)27(25(33)13-21)20(2)28-23(10-11-34-15-29(3,4)32)22-8-6-7-9-26(22)35-28/h6-9,12-13,20,34-35H,5,10-11,14-19,33H2,1-4H3. The number of nitrogens with zero attached hydrogens (tertiary/aromatic N) is 2. The van der Waals surface area contributed by atoms with Gasteiger partial charge in [0.2, 0.25) is 0 Å². The number of anilines is 1. The molecule has 2 fully saturated rings. The van der Waals surface area contributed by atoms with Gasteiger partial charge in [0, 0.05) is 78.4 Å². The lowest BCUT2D eigenvalue weighted by atomic mass is 9.72. The topological polar surface area (TPSA) is 60.3 Å². The lowest BCUT2D eigenvalue weighted by molar-refractivity contribution is -0.116. The number of hydrogen-bond acceptors (Lipinski definition) is 4. The number of rotatable bonds is 10. The minimum atomic E-state index is -1.26. The third-order valence-corrected chi connectivity index (χ3v) is 8.12. The van der Waals surface area contributed by atoms with E-state index < -0.39 is 5.67 Å². The van der Waals surface area contributed by atoms with Gasteiger partial charge >= 0.3 is 0 Å². The van der Waals surface area contributed by atoms with E-state index in [1.165, 1.54) is 13.1 Å². The van der Waals surface area contributed by atoms with Crippen molar-refractivity contribution in [3.05, 3.63) is 64.6 Å². The fourth-order valence-electron chi connectivity index (χ4n) is 6.45. The second-order valence-corrected chi connectivity index (χ2v) is 12.0. The number of H-pyrrole nitrogens is 1. The Morgan fingerprint density at radius 2 is 1.84 bits per heavy atom. The largest absolute Gasteiger partial charge is 0.398 e. The summed E-state index contributed by atoms with van der Waals surface area (Å²) in [5.41, 5.74) is 10.8. The van der Waals surface area contributed by atoms with Crippen LogP contribution in [0.1, 0.15) is 56.0 Å². The van der Waals surface area contributed by atoms with E-state index in [1.54, 1.807) is 19.9 Å². The molecule has 1 aromatic heterocycles. The van der Waals surface area contributed by atoms with Crippen LogP contribution in [0.2, 0.25) is 0 Å². The van der Waals surface area contributed by atoms with Crippen molar-refractivity contribution in [2.75, 3.05) is 51.5 Å². The molecule has 0 radical (unpaired) electrons. The maximum Gasteiger partial charge on any atom is 0.129 e. The second kappa shape index (κ2) is 10.0. The van der Waals surface area contributed by atoms with Gasteiger partial charge in [-0.3, -0.25) is 4.90 Å². The van der Waals surface area contributed by atoms with Crippen LogP contribution in [-0.2, 0) is 13.0 Å². The van der Waals surface area contributed by atoms with E-state index in [2.05, 4.69) is 33.1 Å². The molecule has 2 aliphatic heterocycles. The molecule has 4 N–H and O–H groups in total. The first kappa shape index (κ1) is 26.1. The molecule has 5 nitrogen and oxygen atoms in total. The van der Waals surface area contributed by atoms with Crippen molar-refractivity contribution in [2.24, 2.45) is 5.41 Å². The van der Waals surface area contributed by atoms with Crippen molar-refractivity contribution in [2.45, 2.75) is 52.2 Å². The van der Waals surface area contributed by atoms with Crippen LogP contribution in [0.25, 0.3) is 10.9 Å². The Bertz CT molecular complexity index is 1220. The fraction of sp³-hybridized carbons (Fsp3) is 0.533. The van der Waals surface area contributed by atoms with Crippen molar-refractivity contribution in [3.63, 3.8) is 0 Å². The minimum absolute atomic E-state index is 0.239. The highest BCUT2D eigenvalue weighted by molar-refractivity contribution is 5.85. The summed E-state index contributed by atoms with van der Waals surface area (Å²) in [6.45, 7) is 14.7. The zero-order valence-corrected chi connectivity index (χ0v) is 22.6. The van der Waals surface area contributed by atoms with Crippen LogP contribution in [0.3, 0.4) is 0 Å². The molecule has 1 spiro atoms. The van der Waals surface area contributed by atoms with Crippen LogP contribution >= 0.6 is 0 Å². The van der Waals surface area contributed by atoms with Crippen molar-refractivity contribution in [1.82, 2.24) is 20.1 Å². The highest BCUT2D eigenvalue weighted by atomic mass is 19.1. The Morgan fingerprint density at radius 3 is 2.51 bits per heavy atom. The molecule has 2 saturated heterocycles. The number of aromatic amines is 1. The molecule has 7 heteroatoms. The number of para-hydroxylation sites is 1. The van der Waals surface area contributed by atoms with Gasteiger partial charge in [0.05, 0.1) is 0 Å². The first-order valence-electron chi connectivity index (χ1n) is 13.6. The zero-order chi connectivity index (χ0) is 26.4. The summed E-state index contributed by atoms with van der Waals surface area (Å²) >= 11 is 0. The number of likely N-dealkylation sites (tertiary alicyclic amines) is 2. The Kier molecular flexibility index (Phi) is 7.07. The zero-order valence-electron chi connectivity index (χ0n) is 22.6. The van der Waals surface area contributed by atoms with Crippen LogP contribution in [0.4, 0.5) is 14.5 Å². The summed E-state index contributed by atoms with van der Waals surface area (Å²) in [5.74, 6) is -0.489. The smallest absolute Gasteiger partial charge is 0.129 e. The third kappa shape index (κ3) is 5.40. The van der Waals surface area contributed by atoms with Crippen LogP contribution in [-0.4, -0.2) is 66.3 Å². The van der Waals surface area contributed by atoms with Crippen LogP contribution in [0, 0.1) is 11.2 Å². The second-order valence-electron chi connectivity index (χ2n) is 12.0. The number of aromatic nitrogens is 1. The van der Waals surface area contributed by atoms with E-state index in [4.69, 9.17) is 5.73 Å². The summed E-state index contributed by atoms with van der Waals surface area (Å²) in [4.78, 5) is 8.40. The molecule has 5 rings (SSSR count). The highest BCUT2D eigenvalue weighted by Gasteiger charge is 2.50. The molecule has 0 saturated carbocycles. The van der Waals surface area contributed by atoms with Crippen LogP contribution in [0.15, 0.2) is 36.4 Å². The molecule has 37 heavy (non-hydrogen) atoms.